The molecular formula is C18H24N4O3S. The van der Waals surface area contributed by atoms with E-state index in [9.17, 15) is 14.4 Å². The molecular weight excluding hydrogens is 352 g/mol. The van der Waals surface area contributed by atoms with E-state index in [1.807, 2.05) is 25.3 Å². The predicted octanol–water partition coefficient (Wildman–Crippen LogP) is 2.06. The van der Waals surface area contributed by atoms with Gasteiger partial charge in [-0.3, -0.25) is 19.1 Å². The Labute approximate surface area is 156 Å². The summed E-state index contributed by atoms with van der Waals surface area (Å²) >= 11 is 1.70. The number of thioether (sulfide) groups is 1. The fourth-order valence-electron chi connectivity index (χ4n) is 2.65. The highest BCUT2D eigenvalue weighted by atomic mass is 32.2. The third-order valence-corrected chi connectivity index (χ3v) is 4.72. The molecule has 0 bridgehead atoms. The summed E-state index contributed by atoms with van der Waals surface area (Å²) in [6, 6.07) is 7.21. The van der Waals surface area contributed by atoms with E-state index in [2.05, 4.69) is 4.98 Å². The Balaban J connectivity index is 2.39. The number of aromatic amines is 1. The number of nitrogens with two attached hydrogens (primary N) is 1. The van der Waals surface area contributed by atoms with E-state index in [4.69, 9.17) is 5.73 Å². The second-order valence-corrected chi connectivity index (χ2v) is 6.86. The molecule has 0 spiro atoms. The van der Waals surface area contributed by atoms with Crippen LogP contribution in [0.3, 0.4) is 0 Å². The van der Waals surface area contributed by atoms with Crippen LogP contribution in [0.25, 0.3) is 0 Å². The second kappa shape index (κ2) is 8.75. The first kappa shape index (κ1) is 19.8. The molecule has 140 valence electrons. The van der Waals surface area contributed by atoms with E-state index in [-0.39, 0.29) is 17.4 Å². The number of anilines is 2. The van der Waals surface area contributed by atoms with Crippen LogP contribution in [0.1, 0.15) is 35.7 Å². The minimum absolute atomic E-state index is 0.00190. The maximum atomic E-state index is 12.8. The minimum Gasteiger partial charge on any atom is -0.383 e. The van der Waals surface area contributed by atoms with Crippen molar-refractivity contribution in [1.82, 2.24) is 9.55 Å². The highest BCUT2D eigenvalue weighted by Gasteiger charge is 2.21. The topological polar surface area (TPSA) is 101 Å². The van der Waals surface area contributed by atoms with Gasteiger partial charge in [-0.1, -0.05) is 25.5 Å². The van der Waals surface area contributed by atoms with Crippen molar-refractivity contribution in [2.75, 3.05) is 23.9 Å². The van der Waals surface area contributed by atoms with Crippen molar-refractivity contribution in [3.05, 3.63) is 56.2 Å². The number of carbonyl (C=O) groups excluding carboxylic acids is 1. The van der Waals surface area contributed by atoms with Gasteiger partial charge in [-0.15, -0.1) is 0 Å². The van der Waals surface area contributed by atoms with Gasteiger partial charge in [0.05, 0.1) is 0 Å². The van der Waals surface area contributed by atoms with Gasteiger partial charge in [-0.05, 0) is 30.4 Å². The number of amides is 1. The van der Waals surface area contributed by atoms with E-state index in [1.54, 1.807) is 23.9 Å². The molecule has 26 heavy (non-hydrogen) atoms. The van der Waals surface area contributed by atoms with Crippen LogP contribution in [0.15, 0.2) is 33.9 Å². The summed E-state index contributed by atoms with van der Waals surface area (Å²) in [7, 11) is 1.48. The van der Waals surface area contributed by atoms with Crippen molar-refractivity contribution >= 4 is 29.2 Å². The lowest BCUT2D eigenvalue weighted by Gasteiger charge is -2.20. The summed E-state index contributed by atoms with van der Waals surface area (Å²) in [5, 5.41) is 0. The number of nitrogens with zero attached hydrogens (tertiary/aromatic N) is 2. The molecule has 7 nitrogen and oxygen atoms in total. The van der Waals surface area contributed by atoms with Crippen LogP contribution in [-0.4, -0.2) is 28.8 Å². The Hall–Kier alpha value is -2.48. The van der Waals surface area contributed by atoms with E-state index < -0.39 is 11.2 Å². The van der Waals surface area contributed by atoms with Crippen molar-refractivity contribution in [2.24, 2.45) is 0 Å². The molecule has 2 rings (SSSR count). The van der Waals surface area contributed by atoms with Gasteiger partial charge in [0.2, 0.25) is 0 Å². The molecule has 0 saturated carbocycles. The zero-order valence-corrected chi connectivity index (χ0v) is 16.1. The average Bonchev–Trinajstić information content (AvgIpc) is 2.61. The second-order valence-electron chi connectivity index (χ2n) is 5.99. The average molecular weight is 376 g/mol. The summed E-state index contributed by atoms with van der Waals surface area (Å²) in [5.41, 5.74) is 6.36. The molecule has 0 fully saturated rings. The molecule has 0 saturated heterocycles. The molecule has 0 radical (unpaired) electrons. The Kier molecular flexibility index (Phi) is 6.68. The maximum Gasteiger partial charge on any atom is 0.330 e. The van der Waals surface area contributed by atoms with Gasteiger partial charge in [0.25, 0.3) is 11.5 Å². The quantitative estimate of drug-likeness (QED) is 0.770. The van der Waals surface area contributed by atoms with Crippen LogP contribution < -0.4 is 21.9 Å². The van der Waals surface area contributed by atoms with Crippen LogP contribution in [0.2, 0.25) is 0 Å². The fraction of sp³-hybridized carbons (Fsp3) is 0.389. The summed E-state index contributed by atoms with van der Waals surface area (Å²) in [6.07, 6.45) is 3.62. The zero-order valence-electron chi connectivity index (χ0n) is 15.2. The summed E-state index contributed by atoms with van der Waals surface area (Å²) in [6.45, 7) is 2.38. The number of carbonyl (C=O) groups is 1. The van der Waals surface area contributed by atoms with Gasteiger partial charge >= 0.3 is 5.69 Å². The van der Waals surface area contributed by atoms with E-state index in [0.29, 0.717) is 12.1 Å². The zero-order chi connectivity index (χ0) is 19.3. The molecule has 1 heterocycles. The van der Waals surface area contributed by atoms with Gasteiger partial charge in [0.15, 0.2) is 5.69 Å². The number of benzene rings is 1. The lowest BCUT2D eigenvalue weighted by Crippen LogP contribution is -2.39. The largest absolute Gasteiger partial charge is 0.383 e. The van der Waals surface area contributed by atoms with Crippen LogP contribution in [-0.2, 0) is 12.3 Å². The van der Waals surface area contributed by atoms with Crippen LogP contribution in [0.5, 0.6) is 0 Å². The number of H-pyrrole nitrogens is 1. The Morgan fingerprint density at radius 3 is 2.50 bits per heavy atom. The molecule has 8 heteroatoms. The van der Waals surface area contributed by atoms with Crippen LogP contribution in [0.4, 0.5) is 11.5 Å². The molecule has 0 atom stereocenters. The predicted molar refractivity (Wildman–Crippen MR) is 107 cm³/mol. The van der Waals surface area contributed by atoms with Crippen molar-refractivity contribution in [1.29, 1.82) is 0 Å². The lowest BCUT2D eigenvalue weighted by molar-refractivity contribution is 0.0992. The lowest BCUT2D eigenvalue weighted by atomic mass is 10.1. The first-order valence-electron chi connectivity index (χ1n) is 8.39. The van der Waals surface area contributed by atoms with Crippen molar-refractivity contribution < 1.29 is 4.79 Å². The van der Waals surface area contributed by atoms with E-state index in [1.165, 1.54) is 16.5 Å². The van der Waals surface area contributed by atoms with Gasteiger partial charge in [0.1, 0.15) is 5.82 Å². The molecule has 3 N–H and O–H groups in total. The summed E-state index contributed by atoms with van der Waals surface area (Å²) in [5.74, 6) is 0.500. The van der Waals surface area contributed by atoms with Gasteiger partial charge in [-0.25, -0.2) is 4.79 Å². The number of unbranched alkanes of at least 4 members (excludes halogenated alkanes) is 1. The van der Waals surface area contributed by atoms with Crippen LogP contribution in [0, 0.1) is 0 Å². The number of hydrogen-bond acceptors (Lipinski definition) is 5. The minimum atomic E-state index is -0.671. The maximum absolute atomic E-state index is 12.8. The smallest absolute Gasteiger partial charge is 0.330 e. The standard InChI is InChI=1S/C18H24N4O3S/c1-4-5-10-22-15(19)14(16(23)20-18(22)25)21(2)17(24)13-8-6-12(7-9-13)11-26-3/h6-9H,4-5,10-11,19H2,1-3H3,(H,20,23,25). The van der Waals surface area contributed by atoms with Crippen molar-refractivity contribution in [3.8, 4) is 0 Å². The summed E-state index contributed by atoms with van der Waals surface area (Å²) < 4.78 is 1.30. The van der Waals surface area contributed by atoms with E-state index in [0.717, 1.165) is 24.2 Å². The number of rotatable bonds is 7. The first-order valence-corrected chi connectivity index (χ1v) is 9.78. The molecule has 0 aliphatic heterocycles. The molecule has 2 aromatic rings. The van der Waals surface area contributed by atoms with Crippen molar-refractivity contribution in [3.63, 3.8) is 0 Å². The van der Waals surface area contributed by atoms with Crippen LogP contribution >= 0.6 is 11.8 Å². The Morgan fingerprint density at radius 2 is 1.92 bits per heavy atom. The molecule has 0 aliphatic carbocycles. The number of hydrogen-bond donors (Lipinski definition) is 2. The van der Waals surface area contributed by atoms with Gasteiger partial charge < -0.3 is 10.6 Å². The highest BCUT2D eigenvalue weighted by Crippen LogP contribution is 2.19. The van der Waals surface area contributed by atoms with Gasteiger partial charge in [0, 0.05) is 24.9 Å². The SMILES string of the molecule is CCCCn1c(N)c(N(C)C(=O)c2ccc(CSC)cc2)c(=O)[nH]c1=O. The molecule has 1 amide bonds. The number of aromatic nitrogens is 2. The molecule has 1 aromatic heterocycles. The third-order valence-electron chi connectivity index (χ3n) is 4.10. The normalized spacial score (nSPS) is 10.7. The van der Waals surface area contributed by atoms with E-state index >= 15 is 0 Å². The summed E-state index contributed by atoms with van der Waals surface area (Å²) in [4.78, 5) is 40.5. The number of nitrogens with one attached hydrogen (secondary N) is 1. The van der Waals surface area contributed by atoms with Gasteiger partial charge in [-0.2, -0.15) is 11.8 Å². The van der Waals surface area contributed by atoms with Crippen molar-refractivity contribution in [2.45, 2.75) is 32.1 Å². The number of nitrogen functional groups attached to an aromatic ring is 1. The molecule has 1 aromatic carbocycles. The Morgan fingerprint density at radius 1 is 1.27 bits per heavy atom. The highest BCUT2D eigenvalue weighted by molar-refractivity contribution is 7.97. The molecule has 0 unspecified atom stereocenters. The fourth-order valence-corrected chi connectivity index (χ4v) is 3.17. The monoisotopic (exact) mass is 376 g/mol. The first-order chi connectivity index (χ1) is 12.4. The third kappa shape index (κ3) is 4.19. The Bertz CT molecular complexity index is 887. The molecule has 0 aliphatic rings.